The van der Waals surface area contributed by atoms with Crippen molar-refractivity contribution in [2.75, 3.05) is 32.9 Å². The first-order valence-corrected chi connectivity index (χ1v) is 10.2. The second-order valence-electron chi connectivity index (χ2n) is 7.01. The van der Waals surface area contributed by atoms with Gasteiger partial charge in [-0.05, 0) is 25.1 Å². The average Bonchev–Trinajstić information content (AvgIpc) is 2.82. The first-order chi connectivity index (χ1) is 15.9. The van der Waals surface area contributed by atoms with Crippen LogP contribution in [0.25, 0.3) is 0 Å². The number of aromatic nitrogens is 1. The number of morpholine rings is 1. The maximum absolute atomic E-state index is 12.5. The number of pyridine rings is 1. The summed E-state index contributed by atoms with van der Waals surface area (Å²) in [5.41, 5.74) is -0.671. The van der Waals surface area contributed by atoms with Crippen LogP contribution < -0.4 is 9.47 Å². The molecule has 1 aliphatic rings. The fourth-order valence-corrected chi connectivity index (χ4v) is 3.14. The first kappa shape index (κ1) is 23.8. The van der Waals surface area contributed by atoms with Crippen LogP contribution in [0, 0.1) is 0 Å². The summed E-state index contributed by atoms with van der Waals surface area (Å²) in [6, 6.07) is 8.22. The maximum atomic E-state index is 12.5. The fraction of sp³-hybridized carbons (Fsp3) is 0.364. The van der Waals surface area contributed by atoms with Crippen LogP contribution in [0.15, 0.2) is 36.5 Å². The largest absolute Gasteiger partial charge is 0.490 e. The second-order valence-corrected chi connectivity index (χ2v) is 7.01. The lowest BCUT2D eigenvalue weighted by molar-refractivity contribution is -0.0463. The van der Waals surface area contributed by atoms with Crippen LogP contribution in [-0.4, -0.2) is 77.1 Å². The van der Waals surface area contributed by atoms with Crippen LogP contribution >= 0.6 is 0 Å². The minimum atomic E-state index is -1.37. The highest BCUT2D eigenvalue weighted by molar-refractivity contribution is 5.94. The van der Waals surface area contributed by atoms with Gasteiger partial charge in [0.2, 0.25) is 0 Å². The quantitative estimate of drug-likeness (QED) is 0.572. The van der Waals surface area contributed by atoms with E-state index >= 15 is 0 Å². The summed E-state index contributed by atoms with van der Waals surface area (Å²) in [7, 11) is 0. The lowest BCUT2D eigenvalue weighted by Crippen LogP contribution is -2.47. The zero-order valence-corrected chi connectivity index (χ0v) is 17.9. The zero-order valence-electron chi connectivity index (χ0n) is 17.9. The van der Waals surface area contributed by atoms with Crippen LogP contribution in [0.1, 0.15) is 33.3 Å². The van der Waals surface area contributed by atoms with E-state index in [4.69, 9.17) is 24.1 Å². The average molecular weight is 460 g/mol. The third-order valence-corrected chi connectivity index (χ3v) is 4.75. The number of amides is 1. The van der Waals surface area contributed by atoms with Crippen molar-refractivity contribution in [3.05, 3.63) is 53.3 Å². The molecule has 11 nitrogen and oxygen atoms in total. The van der Waals surface area contributed by atoms with E-state index in [9.17, 15) is 19.5 Å². The van der Waals surface area contributed by atoms with Gasteiger partial charge in [-0.3, -0.25) is 4.98 Å². The van der Waals surface area contributed by atoms with Crippen molar-refractivity contribution < 1.29 is 43.5 Å². The Balaban J connectivity index is 1.56. The summed E-state index contributed by atoms with van der Waals surface area (Å²) in [6.07, 6.45) is -0.0536. The molecule has 0 bridgehead atoms. The van der Waals surface area contributed by atoms with E-state index < -0.39 is 30.7 Å². The molecule has 11 heteroatoms. The van der Waals surface area contributed by atoms with Crippen LogP contribution in [0.5, 0.6) is 11.5 Å². The molecule has 0 spiro atoms. The molecule has 3 rings (SSSR count). The molecule has 2 aromatic rings. The van der Waals surface area contributed by atoms with E-state index in [2.05, 4.69) is 4.98 Å². The van der Waals surface area contributed by atoms with Gasteiger partial charge in [0, 0.05) is 12.7 Å². The molecule has 1 aromatic heterocycles. The van der Waals surface area contributed by atoms with E-state index in [1.165, 1.54) is 4.90 Å². The van der Waals surface area contributed by atoms with Crippen molar-refractivity contribution >= 4 is 18.0 Å². The summed E-state index contributed by atoms with van der Waals surface area (Å²) < 4.78 is 22.2. The van der Waals surface area contributed by atoms with Gasteiger partial charge < -0.3 is 34.1 Å². The van der Waals surface area contributed by atoms with Crippen LogP contribution in [0.2, 0.25) is 0 Å². The van der Waals surface area contributed by atoms with Gasteiger partial charge in [0.25, 0.3) is 0 Å². The SMILES string of the molecule is CCOc1ccccc1OCC1CN(C(=O)OCc2ncc(C(=O)O)cc2C(=O)O)CCO1. The third kappa shape index (κ3) is 6.32. The van der Waals surface area contributed by atoms with Crippen LogP contribution in [-0.2, 0) is 16.1 Å². The Bertz CT molecular complexity index is 1010. The topological polar surface area (TPSA) is 145 Å². The van der Waals surface area contributed by atoms with Gasteiger partial charge in [0.1, 0.15) is 19.3 Å². The molecule has 1 saturated heterocycles. The molecule has 2 heterocycles. The summed E-state index contributed by atoms with van der Waals surface area (Å²) in [5.74, 6) is -1.49. The summed E-state index contributed by atoms with van der Waals surface area (Å²) in [6.45, 7) is 2.93. The number of carboxylic acids is 2. The molecular weight excluding hydrogens is 436 g/mol. The van der Waals surface area contributed by atoms with Crippen LogP contribution in [0.4, 0.5) is 4.79 Å². The van der Waals surface area contributed by atoms with E-state index in [0.29, 0.717) is 24.7 Å². The molecule has 1 unspecified atom stereocenters. The van der Waals surface area contributed by atoms with Crippen molar-refractivity contribution in [3.63, 3.8) is 0 Å². The van der Waals surface area contributed by atoms with Gasteiger partial charge in [0.05, 0.1) is 36.6 Å². The highest BCUT2D eigenvalue weighted by atomic mass is 16.6. The second kappa shape index (κ2) is 11.1. The Morgan fingerprint density at radius 2 is 1.88 bits per heavy atom. The Morgan fingerprint density at radius 3 is 2.55 bits per heavy atom. The number of hydrogen-bond donors (Lipinski definition) is 2. The van der Waals surface area contributed by atoms with E-state index in [1.807, 2.05) is 19.1 Å². The molecule has 2 N–H and O–H groups in total. The minimum absolute atomic E-state index is 0.0541. The summed E-state index contributed by atoms with van der Waals surface area (Å²) >= 11 is 0. The molecular formula is C22H24N2O9. The number of carboxylic acid groups (broad SMARTS) is 2. The minimum Gasteiger partial charge on any atom is -0.490 e. The predicted molar refractivity (Wildman–Crippen MR) is 113 cm³/mol. The number of benzene rings is 1. The molecule has 1 atom stereocenters. The van der Waals surface area contributed by atoms with Gasteiger partial charge in [-0.25, -0.2) is 14.4 Å². The zero-order chi connectivity index (χ0) is 23.8. The molecule has 1 fully saturated rings. The lowest BCUT2D eigenvalue weighted by atomic mass is 10.1. The molecule has 1 amide bonds. The maximum Gasteiger partial charge on any atom is 0.410 e. The number of hydrogen-bond acceptors (Lipinski definition) is 8. The van der Waals surface area contributed by atoms with Gasteiger partial charge in [-0.1, -0.05) is 12.1 Å². The van der Waals surface area contributed by atoms with Crippen molar-refractivity contribution in [3.8, 4) is 11.5 Å². The molecule has 33 heavy (non-hydrogen) atoms. The number of rotatable bonds is 9. The van der Waals surface area contributed by atoms with Crippen molar-refractivity contribution in [1.82, 2.24) is 9.88 Å². The van der Waals surface area contributed by atoms with Gasteiger partial charge >= 0.3 is 18.0 Å². The number of para-hydroxylation sites is 2. The van der Waals surface area contributed by atoms with E-state index in [-0.39, 0.29) is 36.6 Å². The highest BCUT2D eigenvalue weighted by Crippen LogP contribution is 2.26. The standard InChI is InChI=1S/C22H24N2O9/c1-2-30-18-5-3-4-6-19(18)32-12-15-11-24(7-8-31-15)22(29)33-13-17-16(21(27)28)9-14(10-23-17)20(25)26/h3-6,9-10,15H,2,7-8,11-13H2,1H3,(H,25,26)(H,27,28). The highest BCUT2D eigenvalue weighted by Gasteiger charge is 2.27. The molecule has 0 aliphatic carbocycles. The molecule has 1 aliphatic heterocycles. The van der Waals surface area contributed by atoms with Crippen molar-refractivity contribution in [2.45, 2.75) is 19.6 Å². The number of ether oxygens (including phenoxy) is 4. The summed E-state index contributed by atoms with van der Waals surface area (Å²) in [4.78, 5) is 40.2. The normalized spacial score (nSPS) is 15.5. The first-order valence-electron chi connectivity index (χ1n) is 10.2. The Labute approximate surface area is 189 Å². The van der Waals surface area contributed by atoms with E-state index in [0.717, 1.165) is 12.3 Å². The van der Waals surface area contributed by atoms with Crippen molar-refractivity contribution in [1.29, 1.82) is 0 Å². The molecule has 1 aromatic carbocycles. The number of carbonyl (C=O) groups excluding carboxylic acids is 1. The number of aromatic carboxylic acids is 2. The lowest BCUT2D eigenvalue weighted by Gasteiger charge is -2.32. The number of nitrogens with zero attached hydrogens (tertiary/aromatic N) is 2. The number of carbonyl (C=O) groups is 3. The van der Waals surface area contributed by atoms with Crippen LogP contribution in [0.3, 0.4) is 0 Å². The predicted octanol–water partition coefficient (Wildman–Crippen LogP) is 2.29. The third-order valence-electron chi connectivity index (χ3n) is 4.75. The molecule has 0 radical (unpaired) electrons. The van der Waals surface area contributed by atoms with Gasteiger partial charge in [-0.2, -0.15) is 0 Å². The summed E-state index contributed by atoms with van der Waals surface area (Å²) in [5, 5.41) is 18.3. The Hall–Kier alpha value is -3.86. The Kier molecular flexibility index (Phi) is 8.03. The molecule has 176 valence electrons. The van der Waals surface area contributed by atoms with Gasteiger partial charge in [-0.15, -0.1) is 0 Å². The monoisotopic (exact) mass is 460 g/mol. The molecule has 0 saturated carbocycles. The van der Waals surface area contributed by atoms with E-state index in [1.54, 1.807) is 12.1 Å². The van der Waals surface area contributed by atoms with Crippen molar-refractivity contribution in [2.24, 2.45) is 0 Å². The fourth-order valence-electron chi connectivity index (χ4n) is 3.14. The smallest absolute Gasteiger partial charge is 0.410 e. The Morgan fingerprint density at radius 1 is 1.15 bits per heavy atom. The van der Waals surface area contributed by atoms with Gasteiger partial charge in [0.15, 0.2) is 11.5 Å².